The number of ether oxygens (including phenoxy) is 2. The number of benzene rings is 1. The molecule has 1 aliphatic heterocycles. The SMILES string of the molecule is c1ccc(Cc2nnc(NCC3COC4(CCCCC4)O3)s2)cc1. The van der Waals surface area contributed by atoms with Crippen molar-refractivity contribution in [2.24, 2.45) is 0 Å². The van der Waals surface area contributed by atoms with Gasteiger partial charge in [-0.25, -0.2) is 0 Å². The minimum absolute atomic E-state index is 0.101. The first-order valence-corrected chi connectivity index (χ1v) is 9.55. The third-order valence-electron chi connectivity index (χ3n) is 4.68. The van der Waals surface area contributed by atoms with Gasteiger partial charge in [0.05, 0.1) is 6.61 Å². The van der Waals surface area contributed by atoms with Gasteiger partial charge < -0.3 is 14.8 Å². The largest absolute Gasteiger partial charge is 0.357 e. The second-order valence-corrected chi connectivity index (χ2v) is 7.63. The minimum Gasteiger partial charge on any atom is -0.357 e. The van der Waals surface area contributed by atoms with Gasteiger partial charge >= 0.3 is 0 Å². The highest BCUT2D eigenvalue weighted by Crippen LogP contribution is 2.37. The van der Waals surface area contributed by atoms with E-state index in [2.05, 4.69) is 27.6 Å². The summed E-state index contributed by atoms with van der Waals surface area (Å²) in [6, 6.07) is 10.4. The highest BCUT2D eigenvalue weighted by atomic mass is 32.1. The highest BCUT2D eigenvalue weighted by molar-refractivity contribution is 7.15. The molecule has 1 aromatic heterocycles. The summed E-state index contributed by atoms with van der Waals surface area (Å²) in [5.74, 6) is -0.301. The van der Waals surface area contributed by atoms with Crippen LogP contribution < -0.4 is 5.32 Å². The predicted molar refractivity (Wildman–Crippen MR) is 94.3 cm³/mol. The van der Waals surface area contributed by atoms with Crippen LogP contribution in [-0.2, 0) is 15.9 Å². The van der Waals surface area contributed by atoms with E-state index in [0.29, 0.717) is 6.61 Å². The monoisotopic (exact) mass is 345 g/mol. The van der Waals surface area contributed by atoms with Crippen molar-refractivity contribution >= 4 is 16.5 Å². The molecular weight excluding hydrogens is 322 g/mol. The van der Waals surface area contributed by atoms with Crippen molar-refractivity contribution in [3.8, 4) is 0 Å². The zero-order valence-electron chi connectivity index (χ0n) is 13.7. The van der Waals surface area contributed by atoms with Gasteiger partial charge in [0, 0.05) is 25.8 Å². The Morgan fingerprint density at radius 2 is 1.96 bits per heavy atom. The van der Waals surface area contributed by atoms with Gasteiger partial charge in [0.25, 0.3) is 0 Å². The molecule has 1 aromatic carbocycles. The number of rotatable bonds is 5. The maximum atomic E-state index is 6.19. The molecule has 5 nitrogen and oxygen atoms in total. The van der Waals surface area contributed by atoms with Crippen molar-refractivity contribution in [3.05, 3.63) is 40.9 Å². The van der Waals surface area contributed by atoms with Crippen molar-refractivity contribution in [3.63, 3.8) is 0 Å². The summed E-state index contributed by atoms with van der Waals surface area (Å²) < 4.78 is 12.2. The molecule has 1 saturated carbocycles. The van der Waals surface area contributed by atoms with Crippen LogP contribution in [0.1, 0.15) is 42.7 Å². The third kappa shape index (κ3) is 3.77. The molecule has 1 aliphatic carbocycles. The first kappa shape index (κ1) is 16.0. The van der Waals surface area contributed by atoms with E-state index in [9.17, 15) is 0 Å². The minimum atomic E-state index is -0.301. The van der Waals surface area contributed by atoms with Crippen molar-refractivity contribution in [1.29, 1.82) is 0 Å². The first-order valence-electron chi connectivity index (χ1n) is 8.73. The molecule has 128 valence electrons. The smallest absolute Gasteiger partial charge is 0.205 e. The molecule has 0 amide bonds. The second kappa shape index (κ2) is 7.17. The van der Waals surface area contributed by atoms with Gasteiger partial charge in [-0.3, -0.25) is 0 Å². The highest BCUT2D eigenvalue weighted by Gasteiger charge is 2.42. The van der Waals surface area contributed by atoms with Gasteiger partial charge in [-0.15, -0.1) is 10.2 Å². The van der Waals surface area contributed by atoms with Crippen LogP contribution in [0.15, 0.2) is 30.3 Å². The quantitative estimate of drug-likeness (QED) is 0.897. The van der Waals surface area contributed by atoms with E-state index >= 15 is 0 Å². The molecule has 2 aromatic rings. The fourth-order valence-electron chi connectivity index (χ4n) is 3.44. The van der Waals surface area contributed by atoms with Crippen LogP contribution >= 0.6 is 11.3 Å². The molecule has 24 heavy (non-hydrogen) atoms. The maximum Gasteiger partial charge on any atom is 0.205 e. The lowest BCUT2D eigenvalue weighted by Crippen LogP contribution is -2.34. The number of aromatic nitrogens is 2. The van der Waals surface area contributed by atoms with Crippen molar-refractivity contribution < 1.29 is 9.47 Å². The van der Waals surface area contributed by atoms with Crippen LogP contribution in [0.25, 0.3) is 0 Å². The average molecular weight is 345 g/mol. The molecular formula is C18H23N3O2S. The van der Waals surface area contributed by atoms with Crippen LogP contribution in [0.3, 0.4) is 0 Å². The Hall–Kier alpha value is -1.50. The van der Waals surface area contributed by atoms with Crippen LogP contribution in [0.5, 0.6) is 0 Å². The Balaban J connectivity index is 1.28. The number of anilines is 1. The van der Waals surface area contributed by atoms with Crippen LogP contribution in [0.4, 0.5) is 5.13 Å². The predicted octanol–water partition coefficient (Wildman–Crippen LogP) is 3.62. The van der Waals surface area contributed by atoms with Gasteiger partial charge in [0.2, 0.25) is 5.13 Å². The Labute approximate surface area is 146 Å². The summed E-state index contributed by atoms with van der Waals surface area (Å²) >= 11 is 1.61. The van der Waals surface area contributed by atoms with Gasteiger partial charge in [-0.05, 0) is 18.4 Å². The Kier molecular flexibility index (Phi) is 4.78. The standard InChI is InChI=1S/C18H23N3O2S/c1-3-7-14(8-4-1)11-16-20-21-17(24-16)19-12-15-13-22-18(23-15)9-5-2-6-10-18/h1,3-4,7-8,15H,2,5-6,9-13H2,(H,19,21). The molecule has 1 saturated heterocycles. The third-order valence-corrected chi connectivity index (χ3v) is 5.56. The molecule has 1 N–H and O–H groups in total. The van der Waals surface area contributed by atoms with E-state index in [-0.39, 0.29) is 11.9 Å². The fourth-order valence-corrected chi connectivity index (χ4v) is 4.22. The van der Waals surface area contributed by atoms with Crippen LogP contribution in [-0.4, -0.2) is 35.2 Å². The van der Waals surface area contributed by atoms with Gasteiger partial charge in [-0.2, -0.15) is 0 Å². The summed E-state index contributed by atoms with van der Waals surface area (Å²) in [5, 5.41) is 13.7. The average Bonchev–Trinajstić information content (AvgIpc) is 3.22. The zero-order valence-corrected chi connectivity index (χ0v) is 14.6. The van der Waals surface area contributed by atoms with E-state index < -0.39 is 0 Å². The molecule has 6 heteroatoms. The van der Waals surface area contributed by atoms with E-state index in [1.807, 2.05) is 18.2 Å². The second-order valence-electron chi connectivity index (χ2n) is 6.57. The number of nitrogens with zero attached hydrogens (tertiary/aromatic N) is 2. The van der Waals surface area contributed by atoms with E-state index in [1.165, 1.54) is 24.8 Å². The lowest BCUT2D eigenvalue weighted by molar-refractivity contribution is -0.185. The van der Waals surface area contributed by atoms with E-state index in [4.69, 9.17) is 9.47 Å². The van der Waals surface area contributed by atoms with E-state index in [0.717, 1.165) is 35.9 Å². The molecule has 2 heterocycles. The summed E-state index contributed by atoms with van der Waals surface area (Å²) in [7, 11) is 0. The molecule has 0 bridgehead atoms. The molecule has 1 unspecified atom stereocenters. The number of hydrogen-bond donors (Lipinski definition) is 1. The molecule has 1 spiro atoms. The molecule has 4 rings (SSSR count). The van der Waals surface area contributed by atoms with E-state index in [1.54, 1.807) is 11.3 Å². The summed E-state index contributed by atoms with van der Waals surface area (Å²) in [4.78, 5) is 0. The molecule has 2 aliphatic rings. The van der Waals surface area contributed by atoms with Crippen LogP contribution in [0, 0.1) is 0 Å². The molecule has 1 atom stereocenters. The van der Waals surface area contributed by atoms with Gasteiger partial charge in [0.15, 0.2) is 5.79 Å². The first-order chi connectivity index (χ1) is 11.8. The number of hydrogen-bond acceptors (Lipinski definition) is 6. The summed E-state index contributed by atoms with van der Waals surface area (Å²) in [6.45, 7) is 1.39. The fraction of sp³-hybridized carbons (Fsp3) is 0.556. The Morgan fingerprint density at radius 1 is 1.12 bits per heavy atom. The lowest BCUT2D eigenvalue weighted by Gasteiger charge is -2.31. The van der Waals surface area contributed by atoms with Crippen molar-refractivity contribution in [2.75, 3.05) is 18.5 Å². The summed E-state index contributed by atoms with van der Waals surface area (Å²) in [6.07, 6.45) is 6.70. The maximum absolute atomic E-state index is 6.19. The van der Waals surface area contributed by atoms with Crippen molar-refractivity contribution in [1.82, 2.24) is 10.2 Å². The summed E-state index contributed by atoms with van der Waals surface area (Å²) in [5.41, 5.74) is 1.26. The number of nitrogens with one attached hydrogen (secondary N) is 1. The van der Waals surface area contributed by atoms with Gasteiger partial charge in [-0.1, -0.05) is 48.1 Å². The van der Waals surface area contributed by atoms with Crippen molar-refractivity contribution in [2.45, 2.75) is 50.4 Å². The normalized spacial score (nSPS) is 22.8. The zero-order chi connectivity index (χ0) is 16.2. The van der Waals surface area contributed by atoms with Crippen LogP contribution in [0.2, 0.25) is 0 Å². The van der Waals surface area contributed by atoms with Gasteiger partial charge in [0.1, 0.15) is 11.1 Å². The lowest BCUT2D eigenvalue weighted by atomic mass is 9.94. The Bertz CT molecular complexity index is 655. The Morgan fingerprint density at radius 3 is 2.79 bits per heavy atom. The molecule has 2 fully saturated rings. The topological polar surface area (TPSA) is 56.3 Å². The molecule has 0 radical (unpaired) electrons.